The van der Waals surface area contributed by atoms with E-state index in [9.17, 15) is 0 Å². The Morgan fingerprint density at radius 2 is 1.75 bits per heavy atom. The van der Waals surface area contributed by atoms with Crippen LogP contribution in [0.5, 0.6) is 0 Å². The van der Waals surface area contributed by atoms with Crippen molar-refractivity contribution in [2.45, 2.75) is 26.2 Å². The normalized spacial score (nSPS) is 10.9. The van der Waals surface area contributed by atoms with E-state index in [1.807, 2.05) is 13.0 Å². The number of ether oxygens (including phenoxy) is 1. The second-order valence-corrected chi connectivity index (χ2v) is 5.44. The van der Waals surface area contributed by atoms with Gasteiger partial charge in [-0.25, -0.2) is 0 Å². The lowest BCUT2D eigenvalue weighted by atomic mass is 10.2. The summed E-state index contributed by atoms with van der Waals surface area (Å²) < 4.78 is 5.32. The first-order valence-corrected chi connectivity index (χ1v) is 8.56. The Balaban J connectivity index is 0.00000529. The molecule has 6 heteroatoms. The molecule has 0 aliphatic carbocycles. The molecule has 0 atom stereocenters. The van der Waals surface area contributed by atoms with Crippen molar-refractivity contribution in [3.05, 3.63) is 30.3 Å². The molecule has 0 aliphatic heterocycles. The minimum Gasteiger partial charge on any atom is -0.382 e. The van der Waals surface area contributed by atoms with Gasteiger partial charge in [0, 0.05) is 52.6 Å². The largest absolute Gasteiger partial charge is 0.382 e. The SMILES string of the molecule is CCOCCCNC(=NC)NCCCCN(C)c1ccccc1.I. The van der Waals surface area contributed by atoms with Crippen LogP contribution in [-0.2, 0) is 4.74 Å². The molecule has 0 amide bonds. The van der Waals surface area contributed by atoms with Gasteiger partial charge in [0.15, 0.2) is 5.96 Å². The smallest absolute Gasteiger partial charge is 0.190 e. The highest BCUT2D eigenvalue weighted by molar-refractivity contribution is 14.0. The van der Waals surface area contributed by atoms with Gasteiger partial charge < -0.3 is 20.3 Å². The van der Waals surface area contributed by atoms with Gasteiger partial charge >= 0.3 is 0 Å². The van der Waals surface area contributed by atoms with Gasteiger partial charge in [-0.1, -0.05) is 18.2 Å². The van der Waals surface area contributed by atoms with Crippen LogP contribution in [0.25, 0.3) is 0 Å². The van der Waals surface area contributed by atoms with Crippen molar-refractivity contribution in [1.82, 2.24) is 10.6 Å². The fourth-order valence-corrected chi connectivity index (χ4v) is 2.24. The van der Waals surface area contributed by atoms with E-state index in [0.717, 1.165) is 58.1 Å². The highest BCUT2D eigenvalue weighted by Gasteiger charge is 2.00. The highest BCUT2D eigenvalue weighted by Crippen LogP contribution is 2.11. The minimum atomic E-state index is 0. The van der Waals surface area contributed by atoms with Crippen LogP contribution in [0, 0.1) is 0 Å². The van der Waals surface area contributed by atoms with Crippen molar-refractivity contribution in [1.29, 1.82) is 0 Å². The van der Waals surface area contributed by atoms with Gasteiger partial charge in [-0.3, -0.25) is 4.99 Å². The van der Waals surface area contributed by atoms with Crippen LogP contribution in [0.4, 0.5) is 5.69 Å². The van der Waals surface area contributed by atoms with Crippen molar-refractivity contribution in [2.75, 3.05) is 51.8 Å². The van der Waals surface area contributed by atoms with Crippen LogP contribution in [0.15, 0.2) is 35.3 Å². The van der Waals surface area contributed by atoms with Gasteiger partial charge in [-0.2, -0.15) is 0 Å². The summed E-state index contributed by atoms with van der Waals surface area (Å²) in [6.07, 6.45) is 3.27. The average Bonchev–Trinajstić information content (AvgIpc) is 2.60. The fourth-order valence-electron chi connectivity index (χ4n) is 2.24. The Labute approximate surface area is 164 Å². The number of hydrogen-bond acceptors (Lipinski definition) is 3. The quantitative estimate of drug-likeness (QED) is 0.237. The lowest BCUT2D eigenvalue weighted by Crippen LogP contribution is -2.38. The summed E-state index contributed by atoms with van der Waals surface area (Å²) in [6, 6.07) is 10.5. The highest BCUT2D eigenvalue weighted by atomic mass is 127. The molecule has 0 unspecified atom stereocenters. The van der Waals surface area contributed by atoms with Crippen LogP contribution in [-0.4, -0.2) is 52.9 Å². The molecule has 1 rings (SSSR count). The lowest BCUT2D eigenvalue weighted by Gasteiger charge is -2.19. The predicted octanol–water partition coefficient (Wildman–Crippen LogP) is 3.11. The van der Waals surface area contributed by atoms with Crippen molar-refractivity contribution in [3.8, 4) is 0 Å². The molecule has 0 bridgehead atoms. The van der Waals surface area contributed by atoms with Crippen molar-refractivity contribution >= 4 is 35.6 Å². The summed E-state index contributed by atoms with van der Waals surface area (Å²) in [7, 11) is 3.95. The number of nitrogens with one attached hydrogen (secondary N) is 2. The second-order valence-electron chi connectivity index (χ2n) is 5.44. The van der Waals surface area contributed by atoms with Crippen LogP contribution < -0.4 is 15.5 Å². The molecule has 24 heavy (non-hydrogen) atoms. The monoisotopic (exact) mass is 448 g/mol. The third-order valence-electron chi connectivity index (χ3n) is 3.60. The molecule has 0 fully saturated rings. The Bertz CT molecular complexity index is 428. The average molecular weight is 448 g/mol. The molecule has 0 heterocycles. The summed E-state index contributed by atoms with van der Waals surface area (Å²) in [5, 5.41) is 6.66. The third kappa shape index (κ3) is 10.7. The lowest BCUT2D eigenvalue weighted by molar-refractivity contribution is 0.145. The number of nitrogens with zero attached hydrogens (tertiary/aromatic N) is 2. The Hall–Kier alpha value is -1.02. The van der Waals surface area contributed by atoms with Crippen LogP contribution in [0.2, 0.25) is 0 Å². The maximum absolute atomic E-state index is 5.32. The van der Waals surface area contributed by atoms with Crippen LogP contribution in [0.3, 0.4) is 0 Å². The molecular weight excluding hydrogens is 415 g/mol. The summed E-state index contributed by atoms with van der Waals surface area (Å²) in [5.41, 5.74) is 1.27. The number of rotatable bonds is 11. The number of anilines is 1. The molecule has 0 aromatic heterocycles. The van der Waals surface area contributed by atoms with E-state index in [1.165, 1.54) is 5.69 Å². The van der Waals surface area contributed by atoms with E-state index in [-0.39, 0.29) is 24.0 Å². The van der Waals surface area contributed by atoms with Gasteiger partial charge in [0.1, 0.15) is 0 Å². The van der Waals surface area contributed by atoms with E-state index in [1.54, 1.807) is 7.05 Å². The van der Waals surface area contributed by atoms with E-state index < -0.39 is 0 Å². The van der Waals surface area contributed by atoms with Crippen LogP contribution in [0.1, 0.15) is 26.2 Å². The first-order chi connectivity index (χ1) is 11.3. The first kappa shape index (κ1) is 23.0. The molecule has 0 aliphatic rings. The van der Waals surface area contributed by atoms with Gasteiger partial charge in [0.2, 0.25) is 0 Å². The summed E-state index contributed by atoms with van der Waals surface area (Å²) >= 11 is 0. The standard InChI is InChI=1S/C18H32N4O.HI/c1-4-23-16-10-14-21-18(19-2)20-13-8-9-15-22(3)17-11-6-5-7-12-17;/h5-7,11-12H,4,8-10,13-16H2,1-3H3,(H2,19,20,21);1H. The first-order valence-electron chi connectivity index (χ1n) is 8.56. The third-order valence-corrected chi connectivity index (χ3v) is 3.60. The Kier molecular flexibility index (Phi) is 14.8. The van der Waals surface area contributed by atoms with Gasteiger partial charge in [-0.05, 0) is 38.3 Å². The molecule has 0 spiro atoms. The van der Waals surface area contributed by atoms with Crippen molar-refractivity contribution < 1.29 is 4.74 Å². The van der Waals surface area contributed by atoms with Crippen LogP contribution >= 0.6 is 24.0 Å². The number of benzene rings is 1. The van der Waals surface area contributed by atoms with E-state index in [0.29, 0.717) is 0 Å². The molecular formula is C18H33IN4O. The van der Waals surface area contributed by atoms with E-state index >= 15 is 0 Å². The number of para-hydroxylation sites is 1. The topological polar surface area (TPSA) is 48.9 Å². The Morgan fingerprint density at radius 3 is 2.38 bits per heavy atom. The molecule has 5 nitrogen and oxygen atoms in total. The molecule has 1 aromatic carbocycles. The maximum Gasteiger partial charge on any atom is 0.190 e. The number of hydrogen-bond donors (Lipinski definition) is 2. The molecule has 0 radical (unpaired) electrons. The predicted molar refractivity (Wildman–Crippen MR) is 115 cm³/mol. The van der Waals surface area contributed by atoms with E-state index in [4.69, 9.17) is 4.74 Å². The molecule has 0 saturated heterocycles. The molecule has 138 valence electrons. The second kappa shape index (κ2) is 15.5. The zero-order chi connectivity index (χ0) is 16.8. The molecule has 0 saturated carbocycles. The molecule has 2 N–H and O–H groups in total. The zero-order valence-electron chi connectivity index (χ0n) is 15.3. The van der Waals surface area contributed by atoms with Gasteiger partial charge in [0.05, 0.1) is 0 Å². The number of guanidine groups is 1. The maximum atomic E-state index is 5.32. The molecule has 1 aromatic rings. The zero-order valence-corrected chi connectivity index (χ0v) is 17.6. The number of aliphatic imine (C=N–C) groups is 1. The van der Waals surface area contributed by atoms with Crippen molar-refractivity contribution in [3.63, 3.8) is 0 Å². The number of unbranched alkanes of at least 4 members (excludes halogenated alkanes) is 1. The Morgan fingerprint density at radius 1 is 1.08 bits per heavy atom. The summed E-state index contributed by atoms with van der Waals surface area (Å²) in [5.74, 6) is 0.873. The van der Waals surface area contributed by atoms with E-state index in [2.05, 4.69) is 51.8 Å². The van der Waals surface area contributed by atoms with Gasteiger partial charge in [-0.15, -0.1) is 24.0 Å². The fraction of sp³-hybridized carbons (Fsp3) is 0.611. The van der Waals surface area contributed by atoms with Crippen molar-refractivity contribution in [2.24, 2.45) is 4.99 Å². The summed E-state index contributed by atoms with van der Waals surface area (Å²) in [4.78, 5) is 6.52. The number of halogens is 1. The van der Waals surface area contributed by atoms with Gasteiger partial charge in [0.25, 0.3) is 0 Å². The minimum absolute atomic E-state index is 0. The summed E-state index contributed by atoms with van der Waals surface area (Å²) in [6.45, 7) is 6.48.